The molecular weight excluding hydrogens is 224 g/mol. The normalized spacial score (nSPS) is 20.7. The van der Waals surface area contributed by atoms with Crippen molar-refractivity contribution in [1.29, 1.82) is 0 Å². The van der Waals surface area contributed by atoms with E-state index in [1.54, 1.807) is 0 Å². The third kappa shape index (κ3) is 3.57. The van der Waals surface area contributed by atoms with Gasteiger partial charge in [-0.05, 0) is 50.9 Å². The third-order valence-corrected chi connectivity index (χ3v) is 3.62. The van der Waals surface area contributed by atoms with E-state index in [0.29, 0.717) is 12.3 Å². The Kier molecular flexibility index (Phi) is 4.37. The van der Waals surface area contributed by atoms with Gasteiger partial charge < -0.3 is 10.2 Å². The molecule has 1 N–H and O–H groups in total. The number of aryl methyl sites for hydroxylation is 1. The summed E-state index contributed by atoms with van der Waals surface area (Å²) < 4.78 is 0. The fourth-order valence-electron chi connectivity index (χ4n) is 2.62. The number of benzene rings is 1. The lowest BCUT2D eigenvalue weighted by molar-refractivity contribution is -0.117. The predicted molar refractivity (Wildman–Crippen MR) is 74.6 cm³/mol. The first kappa shape index (κ1) is 13.1. The molecule has 1 heterocycles. The number of hydrogen-bond acceptors (Lipinski definition) is 2. The quantitative estimate of drug-likeness (QED) is 0.889. The van der Waals surface area contributed by atoms with Gasteiger partial charge in [0.05, 0.1) is 0 Å². The minimum absolute atomic E-state index is 0.143. The first-order valence-electron chi connectivity index (χ1n) is 6.69. The minimum atomic E-state index is 0.143. The standard InChI is InChI=1S/C15H22N2O/c1-12-6-3-4-8-14(12)16-15(18)10-13-7-5-9-17(2)11-13/h3-4,6,8,13H,5,7,9-11H2,1-2H3,(H,16,18). The summed E-state index contributed by atoms with van der Waals surface area (Å²) in [6.45, 7) is 4.22. The largest absolute Gasteiger partial charge is 0.326 e. The Labute approximate surface area is 109 Å². The van der Waals surface area contributed by atoms with E-state index < -0.39 is 0 Å². The Bertz CT molecular complexity index is 417. The molecule has 1 atom stereocenters. The van der Waals surface area contributed by atoms with Crippen LogP contribution in [0.5, 0.6) is 0 Å². The number of nitrogens with one attached hydrogen (secondary N) is 1. The Morgan fingerprint density at radius 2 is 2.22 bits per heavy atom. The van der Waals surface area contributed by atoms with Gasteiger partial charge in [-0.15, -0.1) is 0 Å². The van der Waals surface area contributed by atoms with E-state index in [-0.39, 0.29) is 5.91 Å². The number of amides is 1. The highest BCUT2D eigenvalue weighted by molar-refractivity contribution is 5.91. The lowest BCUT2D eigenvalue weighted by Gasteiger charge is -2.29. The zero-order valence-corrected chi connectivity index (χ0v) is 11.3. The molecule has 98 valence electrons. The molecule has 1 aliphatic heterocycles. The van der Waals surface area contributed by atoms with Crippen molar-refractivity contribution in [3.05, 3.63) is 29.8 Å². The Morgan fingerprint density at radius 3 is 2.94 bits per heavy atom. The highest BCUT2D eigenvalue weighted by Crippen LogP contribution is 2.20. The van der Waals surface area contributed by atoms with E-state index in [0.717, 1.165) is 24.3 Å². The van der Waals surface area contributed by atoms with Crippen molar-refractivity contribution in [1.82, 2.24) is 4.90 Å². The van der Waals surface area contributed by atoms with Crippen molar-refractivity contribution in [2.45, 2.75) is 26.2 Å². The second-order valence-electron chi connectivity index (χ2n) is 5.34. The molecule has 0 aliphatic carbocycles. The summed E-state index contributed by atoms with van der Waals surface area (Å²) in [6, 6.07) is 7.92. The average molecular weight is 246 g/mol. The summed E-state index contributed by atoms with van der Waals surface area (Å²) in [5.41, 5.74) is 2.05. The lowest BCUT2D eigenvalue weighted by Crippen LogP contribution is -2.34. The van der Waals surface area contributed by atoms with Crippen molar-refractivity contribution in [3.63, 3.8) is 0 Å². The summed E-state index contributed by atoms with van der Waals surface area (Å²) in [7, 11) is 2.13. The third-order valence-electron chi connectivity index (χ3n) is 3.62. The van der Waals surface area contributed by atoms with Gasteiger partial charge in [0, 0.05) is 18.7 Å². The Balaban J connectivity index is 1.87. The maximum atomic E-state index is 12.0. The first-order chi connectivity index (χ1) is 8.65. The molecule has 3 nitrogen and oxygen atoms in total. The molecule has 0 aromatic heterocycles. The summed E-state index contributed by atoms with van der Waals surface area (Å²) in [5, 5.41) is 3.01. The second-order valence-corrected chi connectivity index (χ2v) is 5.34. The van der Waals surface area contributed by atoms with E-state index in [2.05, 4.69) is 17.3 Å². The van der Waals surface area contributed by atoms with Gasteiger partial charge in [0.1, 0.15) is 0 Å². The van der Waals surface area contributed by atoms with Gasteiger partial charge in [0.25, 0.3) is 0 Å². The SMILES string of the molecule is Cc1ccccc1NC(=O)CC1CCCN(C)C1. The van der Waals surface area contributed by atoms with Gasteiger partial charge in [-0.25, -0.2) is 0 Å². The van der Waals surface area contributed by atoms with Crippen molar-refractivity contribution in [2.75, 3.05) is 25.5 Å². The minimum Gasteiger partial charge on any atom is -0.326 e. The first-order valence-corrected chi connectivity index (χ1v) is 6.69. The number of carbonyl (C=O) groups excluding carboxylic acids is 1. The number of piperidine rings is 1. The molecule has 3 heteroatoms. The molecule has 0 radical (unpaired) electrons. The van der Waals surface area contributed by atoms with Crippen LogP contribution in [-0.2, 0) is 4.79 Å². The number of nitrogens with zero attached hydrogens (tertiary/aromatic N) is 1. The highest BCUT2D eigenvalue weighted by Gasteiger charge is 2.20. The monoisotopic (exact) mass is 246 g/mol. The Morgan fingerprint density at radius 1 is 1.44 bits per heavy atom. The molecule has 1 aromatic carbocycles. The lowest BCUT2D eigenvalue weighted by atomic mass is 9.95. The van der Waals surface area contributed by atoms with Gasteiger partial charge in [0.2, 0.25) is 5.91 Å². The van der Waals surface area contributed by atoms with Crippen LogP contribution in [0, 0.1) is 12.8 Å². The number of carbonyl (C=O) groups is 1. The second kappa shape index (κ2) is 6.01. The number of hydrogen-bond donors (Lipinski definition) is 1. The van der Waals surface area contributed by atoms with Crippen LogP contribution in [0.1, 0.15) is 24.8 Å². The van der Waals surface area contributed by atoms with Crippen LogP contribution in [0.4, 0.5) is 5.69 Å². The number of rotatable bonds is 3. The number of anilines is 1. The van der Waals surface area contributed by atoms with Gasteiger partial charge in [0.15, 0.2) is 0 Å². The number of para-hydroxylation sites is 1. The maximum absolute atomic E-state index is 12.0. The van der Waals surface area contributed by atoms with Crippen LogP contribution < -0.4 is 5.32 Å². The van der Waals surface area contributed by atoms with E-state index in [1.807, 2.05) is 31.2 Å². The molecule has 2 rings (SSSR count). The van der Waals surface area contributed by atoms with Crippen molar-refractivity contribution in [3.8, 4) is 0 Å². The molecule has 0 saturated carbocycles. The van der Waals surface area contributed by atoms with Crippen LogP contribution >= 0.6 is 0 Å². The average Bonchev–Trinajstić information content (AvgIpc) is 2.32. The zero-order valence-electron chi connectivity index (χ0n) is 11.3. The molecule has 1 unspecified atom stereocenters. The molecular formula is C15H22N2O. The molecule has 0 bridgehead atoms. The fraction of sp³-hybridized carbons (Fsp3) is 0.533. The molecule has 18 heavy (non-hydrogen) atoms. The summed E-state index contributed by atoms with van der Waals surface area (Å²) in [6.07, 6.45) is 3.02. The molecule has 1 fully saturated rings. The maximum Gasteiger partial charge on any atom is 0.224 e. The van der Waals surface area contributed by atoms with Gasteiger partial charge in [-0.1, -0.05) is 18.2 Å². The van der Waals surface area contributed by atoms with Crippen LogP contribution in [0.15, 0.2) is 24.3 Å². The van der Waals surface area contributed by atoms with E-state index in [4.69, 9.17) is 0 Å². The van der Waals surface area contributed by atoms with Crippen LogP contribution in [-0.4, -0.2) is 30.9 Å². The summed E-state index contributed by atoms with van der Waals surface area (Å²) in [5.74, 6) is 0.650. The zero-order chi connectivity index (χ0) is 13.0. The Hall–Kier alpha value is -1.35. The molecule has 1 aromatic rings. The summed E-state index contributed by atoms with van der Waals surface area (Å²) in [4.78, 5) is 14.3. The predicted octanol–water partition coefficient (Wildman–Crippen LogP) is 2.67. The van der Waals surface area contributed by atoms with Crippen LogP contribution in [0.2, 0.25) is 0 Å². The number of likely N-dealkylation sites (tertiary alicyclic amines) is 1. The van der Waals surface area contributed by atoms with E-state index in [9.17, 15) is 4.79 Å². The molecule has 1 amide bonds. The molecule has 0 spiro atoms. The summed E-state index contributed by atoms with van der Waals surface area (Å²) >= 11 is 0. The van der Waals surface area contributed by atoms with Gasteiger partial charge >= 0.3 is 0 Å². The van der Waals surface area contributed by atoms with Crippen molar-refractivity contribution in [2.24, 2.45) is 5.92 Å². The topological polar surface area (TPSA) is 32.3 Å². The van der Waals surface area contributed by atoms with E-state index in [1.165, 1.54) is 12.8 Å². The van der Waals surface area contributed by atoms with Crippen LogP contribution in [0.25, 0.3) is 0 Å². The van der Waals surface area contributed by atoms with Crippen LogP contribution in [0.3, 0.4) is 0 Å². The van der Waals surface area contributed by atoms with Gasteiger partial charge in [-0.2, -0.15) is 0 Å². The van der Waals surface area contributed by atoms with Crippen molar-refractivity contribution >= 4 is 11.6 Å². The molecule has 1 saturated heterocycles. The smallest absolute Gasteiger partial charge is 0.224 e. The van der Waals surface area contributed by atoms with Crippen molar-refractivity contribution < 1.29 is 4.79 Å². The fourth-order valence-corrected chi connectivity index (χ4v) is 2.62. The highest BCUT2D eigenvalue weighted by atomic mass is 16.1. The molecule has 1 aliphatic rings. The van der Waals surface area contributed by atoms with Gasteiger partial charge in [-0.3, -0.25) is 4.79 Å². The van der Waals surface area contributed by atoms with E-state index >= 15 is 0 Å².